The zero-order chi connectivity index (χ0) is 26.3. The molecule has 1 amide bonds. The van der Waals surface area contributed by atoms with Crippen LogP contribution in [0, 0.1) is 13.8 Å². The topological polar surface area (TPSA) is 115 Å². The fourth-order valence-electron chi connectivity index (χ4n) is 3.64. The largest absolute Gasteiger partial charge is 0.324 e. The molecule has 188 valence electrons. The summed E-state index contributed by atoms with van der Waals surface area (Å²) in [4.78, 5) is 17.3. The van der Waals surface area contributed by atoms with E-state index in [0.29, 0.717) is 11.0 Å². The minimum Gasteiger partial charge on any atom is -0.324 e. The maximum atomic E-state index is 13.7. The van der Waals surface area contributed by atoms with Crippen molar-refractivity contribution in [3.63, 3.8) is 0 Å². The Morgan fingerprint density at radius 2 is 1.64 bits per heavy atom. The van der Waals surface area contributed by atoms with Crippen LogP contribution in [0.3, 0.4) is 0 Å². The predicted molar refractivity (Wildman–Crippen MR) is 142 cm³/mol. The molecule has 1 aromatic heterocycles. The van der Waals surface area contributed by atoms with Gasteiger partial charge in [-0.3, -0.25) is 4.79 Å². The van der Waals surface area contributed by atoms with E-state index in [4.69, 9.17) is 11.6 Å². The fourth-order valence-corrected chi connectivity index (χ4v) is 7.28. The number of halogens is 1. The number of anilines is 1. The Labute approximate surface area is 218 Å². The first-order valence-corrected chi connectivity index (χ1v) is 15.3. The number of aromatic nitrogens is 2. The minimum absolute atomic E-state index is 0.0326. The van der Waals surface area contributed by atoms with Gasteiger partial charge in [-0.1, -0.05) is 41.6 Å². The third-order valence-electron chi connectivity index (χ3n) is 5.20. The van der Waals surface area contributed by atoms with Crippen LogP contribution in [0.2, 0.25) is 5.02 Å². The van der Waals surface area contributed by atoms with Crippen LogP contribution in [0.15, 0.2) is 75.6 Å². The lowest BCUT2D eigenvalue weighted by Crippen LogP contribution is -2.17. The number of amides is 1. The van der Waals surface area contributed by atoms with Crippen LogP contribution in [0.25, 0.3) is 11.0 Å². The highest BCUT2D eigenvalue weighted by Crippen LogP contribution is 2.30. The molecule has 1 N–H and O–H groups in total. The van der Waals surface area contributed by atoms with Crippen LogP contribution >= 0.6 is 23.4 Å². The molecule has 1 heterocycles. The zero-order valence-corrected chi connectivity index (χ0v) is 22.7. The minimum atomic E-state index is -4.01. The molecular weight excluding hydrogens is 542 g/mol. The highest BCUT2D eigenvalue weighted by molar-refractivity contribution is 8.00. The molecule has 3 aromatic carbocycles. The maximum Gasteiger partial charge on any atom is 0.270 e. The summed E-state index contributed by atoms with van der Waals surface area (Å²) >= 11 is 7.11. The molecule has 0 saturated heterocycles. The van der Waals surface area contributed by atoms with Crippen LogP contribution in [0.5, 0.6) is 0 Å². The van der Waals surface area contributed by atoms with Crippen LogP contribution in [0.1, 0.15) is 11.1 Å². The quantitative estimate of drug-likeness (QED) is 0.325. The Kier molecular flexibility index (Phi) is 7.20. The molecule has 0 aliphatic carbocycles. The number of thioether (sulfide) groups is 1. The average molecular weight is 564 g/mol. The number of rotatable bonds is 7. The van der Waals surface area contributed by atoms with Crippen molar-refractivity contribution in [3.8, 4) is 0 Å². The molecule has 4 rings (SSSR count). The molecule has 0 aliphatic rings. The van der Waals surface area contributed by atoms with Crippen molar-refractivity contribution in [1.82, 2.24) is 8.96 Å². The van der Waals surface area contributed by atoms with E-state index in [1.807, 2.05) is 19.9 Å². The highest BCUT2D eigenvalue weighted by atomic mass is 35.5. The molecule has 0 saturated carbocycles. The molecule has 8 nitrogen and oxygen atoms in total. The van der Waals surface area contributed by atoms with Crippen molar-refractivity contribution in [2.75, 3.05) is 17.3 Å². The number of nitrogens with zero attached hydrogens (tertiary/aromatic N) is 2. The lowest BCUT2D eigenvalue weighted by Gasteiger charge is -2.12. The molecule has 0 unspecified atom stereocenters. The van der Waals surface area contributed by atoms with Crippen molar-refractivity contribution in [2.24, 2.45) is 0 Å². The lowest BCUT2D eigenvalue weighted by molar-refractivity contribution is -0.113. The number of nitrogens with one attached hydrogen (secondary N) is 1. The number of hydrogen-bond donors (Lipinski definition) is 1. The average Bonchev–Trinajstić information content (AvgIpc) is 3.17. The van der Waals surface area contributed by atoms with Crippen molar-refractivity contribution in [1.29, 1.82) is 0 Å². The van der Waals surface area contributed by atoms with Gasteiger partial charge in [-0.05, 0) is 67.4 Å². The van der Waals surface area contributed by atoms with Gasteiger partial charge < -0.3 is 5.32 Å². The monoisotopic (exact) mass is 563 g/mol. The molecule has 36 heavy (non-hydrogen) atoms. The SMILES string of the molecule is Cc1cc(C)cc(S(=O)(=O)n2c(SCC(=O)Nc3ccc(S(C)(=O)=O)cc3Cl)nc3ccccc32)c1. The number of aryl methyl sites for hydroxylation is 2. The van der Waals surface area contributed by atoms with E-state index in [1.165, 1.54) is 18.2 Å². The second-order valence-corrected chi connectivity index (χ2v) is 13.4. The predicted octanol–water partition coefficient (Wildman–Crippen LogP) is 4.68. The molecule has 0 bridgehead atoms. The standard InChI is InChI=1S/C24H22ClN3O5S3/c1-15-10-16(2)12-18(11-15)36(32,33)28-22-7-5-4-6-21(22)27-24(28)34-14-23(29)26-20-9-8-17(13-19(20)25)35(3,30)31/h4-13H,14H2,1-3H3,(H,26,29). The van der Waals surface area contributed by atoms with Crippen molar-refractivity contribution < 1.29 is 21.6 Å². The number of hydrogen-bond acceptors (Lipinski definition) is 7. The Balaban J connectivity index is 1.63. The van der Waals surface area contributed by atoms with E-state index in [0.717, 1.165) is 33.1 Å². The van der Waals surface area contributed by atoms with Gasteiger partial charge >= 0.3 is 0 Å². The summed E-state index contributed by atoms with van der Waals surface area (Å²) in [6.07, 6.45) is 1.06. The van der Waals surface area contributed by atoms with Crippen LogP contribution in [-0.2, 0) is 24.7 Å². The normalized spacial score (nSPS) is 12.1. The fraction of sp³-hybridized carbons (Fsp3) is 0.167. The van der Waals surface area contributed by atoms with Gasteiger partial charge in [-0.15, -0.1) is 0 Å². The second-order valence-electron chi connectivity index (χ2n) is 8.23. The van der Waals surface area contributed by atoms with Crippen LogP contribution in [0.4, 0.5) is 5.69 Å². The molecule has 0 fully saturated rings. The number of fused-ring (bicyclic) bond motifs is 1. The van der Waals surface area contributed by atoms with E-state index in [2.05, 4.69) is 10.3 Å². The molecule has 0 atom stereocenters. The number of benzene rings is 3. The van der Waals surface area contributed by atoms with E-state index in [9.17, 15) is 21.6 Å². The number of carbonyl (C=O) groups excluding carboxylic acids is 1. The molecular formula is C24H22ClN3O5S3. The molecule has 4 aromatic rings. The maximum absolute atomic E-state index is 13.7. The first-order valence-electron chi connectivity index (χ1n) is 10.6. The highest BCUT2D eigenvalue weighted by Gasteiger charge is 2.25. The van der Waals surface area contributed by atoms with E-state index < -0.39 is 25.8 Å². The third-order valence-corrected chi connectivity index (χ3v) is 9.36. The van der Waals surface area contributed by atoms with Gasteiger partial charge in [0.1, 0.15) is 0 Å². The summed E-state index contributed by atoms with van der Waals surface area (Å²) in [5, 5.41) is 2.84. The van der Waals surface area contributed by atoms with Gasteiger partial charge in [-0.2, -0.15) is 0 Å². The Morgan fingerprint density at radius 3 is 2.28 bits per heavy atom. The number of para-hydroxylation sites is 2. The molecule has 0 radical (unpaired) electrons. The van der Waals surface area contributed by atoms with Crippen molar-refractivity contribution in [2.45, 2.75) is 28.8 Å². The third kappa shape index (κ3) is 5.44. The summed E-state index contributed by atoms with van der Waals surface area (Å²) < 4.78 is 51.9. The van der Waals surface area contributed by atoms with Gasteiger partial charge in [0.25, 0.3) is 10.0 Å². The van der Waals surface area contributed by atoms with Gasteiger partial charge in [0.2, 0.25) is 5.91 Å². The Morgan fingerprint density at radius 1 is 0.972 bits per heavy atom. The van der Waals surface area contributed by atoms with Gasteiger partial charge in [0, 0.05) is 6.26 Å². The van der Waals surface area contributed by atoms with Gasteiger partial charge in [0.05, 0.1) is 37.3 Å². The number of imidazole rings is 1. The first kappa shape index (κ1) is 26.2. The second kappa shape index (κ2) is 9.89. The summed E-state index contributed by atoms with van der Waals surface area (Å²) in [6.45, 7) is 3.65. The summed E-state index contributed by atoms with van der Waals surface area (Å²) in [7, 11) is -7.45. The van der Waals surface area contributed by atoms with E-state index in [1.54, 1.807) is 36.4 Å². The number of carbonyl (C=O) groups is 1. The van der Waals surface area contributed by atoms with E-state index >= 15 is 0 Å². The first-order chi connectivity index (χ1) is 16.9. The molecule has 12 heteroatoms. The zero-order valence-electron chi connectivity index (χ0n) is 19.5. The Bertz CT molecular complexity index is 1690. The van der Waals surface area contributed by atoms with Crippen LogP contribution in [-0.4, -0.2) is 43.7 Å². The smallest absolute Gasteiger partial charge is 0.270 e. The van der Waals surface area contributed by atoms with Gasteiger partial charge in [-0.25, -0.2) is 25.8 Å². The van der Waals surface area contributed by atoms with E-state index in [-0.39, 0.29) is 31.4 Å². The summed E-state index contributed by atoms with van der Waals surface area (Å²) in [5.74, 6) is -0.619. The lowest BCUT2D eigenvalue weighted by atomic mass is 10.2. The van der Waals surface area contributed by atoms with Crippen molar-refractivity contribution in [3.05, 3.63) is 76.8 Å². The molecule has 0 aliphatic heterocycles. The summed E-state index contributed by atoms with van der Waals surface area (Å²) in [6, 6.07) is 15.9. The van der Waals surface area contributed by atoms with Crippen molar-refractivity contribution >= 4 is 65.9 Å². The summed E-state index contributed by atoms with van der Waals surface area (Å²) in [5.41, 5.74) is 2.74. The van der Waals surface area contributed by atoms with Gasteiger partial charge in [0.15, 0.2) is 15.0 Å². The van der Waals surface area contributed by atoms with Crippen LogP contribution < -0.4 is 5.32 Å². The molecule has 0 spiro atoms. The Hall–Kier alpha value is -2.86. The number of sulfone groups is 1.